The minimum Gasteiger partial charge on any atom is -0.497 e. The Balaban J connectivity index is 0.00000200. The van der Waals surface area contributed by atoms with Gasteiger partial charge in [-0.05, 0) is 36.6 Å². The third-order valence-electron chi connectivity index (χ3n) is 3.58. The molecule has 2 unspecified atom stereocenters. The van der Waals surface area contributed by atoms with Gasteiger partial charge in [0.2, 0.25) is 5.91 Å². The number of rotatable bonds is 5. The molecule has 1 aliphatic heterocycles. The number of carbonyl (C=O) groups excluding carboxylic acids is 1. The normalized spacial score (nSPS) is 19.0. The van der Waals surface area contributed by atoms with Gasteiger partial charge in [0.1, 0.15) is 5.75 Å². The van der Waals surface area contributed by atoms with E-state index >= 15 is 0 Å². The highest BCUT2D eigenvalue weighted by atomic mass is 35.5. The highest BCUT2D eigenvalue weighted by molar-refractivity contribution is 5.85. The summed E-state index contributed by atoms with van der Waals surface area (Å²) in [7, 11) is 1.66. The van der Waals surface area contributed by atoms with E-state index in [2.05, 4.69) is 17.6 Å². The quantitative estimate of drug-likeness (QED) is 0.875. The van der Waals surface area contributed by atoms with Crippen molar-refractivity contribution in [1.82, 2.24) is 10.6 Å². The Morgan fingerprint density at radius 2 is 2.35 bits per heavy atom. The molecule has 2 N–H and O–H groups in total. The number of methoxy groups -OCH3 is 1. The van der Waals surface area contributed by atoms with E-state index < -0.39 is 0 Å². The van der Waals surface area contributed by atoms with Crippen molar-refractivity contribution in [1.29, 1.82) is 0 Å². The number of nitrogens with one attached hydrogen (secondary N) is 2. The molecular formula is C15H23ClN2O2. The Labute approximate surface area is 126 Å². The van der Waals surface area contributed by atoms with Gasteiger partial charge in [-0.1, -0.05) is 19.1 Å². The van der Waals surface area contributed by atoms with Gasteiger partial charge >= 0.3 is 0 Å². The summed E-state index contributed by atoms with van der Waals surface area (Å²) in [4.78, 5) is 12.0. The van der Waals surface area contributed by atoms with Crippen LogP contribution in [0.3, 0.4) is 0 Å². The van der Waals surface area contributed by atoms with Gasteiger partial charge in [0, 0.05) is 19.0 Å². The molecule has 1 fully saturated rings. The molecule has 0 radical (unpaired) electrons. The van der Waals surface area contributed by atoms with Crippen LogP contribution < -0.4 is 15.4 Å². The Morgan fingerprint density at radius 1 is 1.55 bits per heavy atom. The number of amides is 1. The van der Waals surface area contributed by atoms with Crippen LogP contribution in [0.4, 0.5) is 0 Å². The third kappa shape index (κ3) is 4.69. The SMILES string of the molecule is COc1cccc(C(C)CC(=O)NC2CCNC2)c1.Cl. The fourth-order valence-electron chi connectivity index (χ4n) is 2.41. The number of benzene rings is 1. The predicted molar refractivity (Wildman–Crippen MR) is 82.7 cm³/mol. The number of halogens is 1. The van der Waals surface area contributed by atoms with Gasteiger partial charge in [-0.3, -0.25) is 4.79 Å². The van der Waals surface area contributed by atoms with Crippen molar-refractivity contribution in [2.45, 2.75) is 31.7 Å². The summed E-state index contributed by atoms with van der Waals surface area (Å²) in [5.74, 6) is 1.17. The maximum absolute atomic E-state index is 12.0. The topological polar surface area (TPSA) is 50.4 Å². The summed E-state index contributed by atoms with van der Waals surface area (Å²) in [6.07, 6.45) is 1.54. The lowest BCUT2D eigenvalue weighted by Crippen LogP contribution is -2.36. The minimum absolute atomic E-state index is 0. The molecule has 112 valence electrons. The van der Waals surface area contributed by atoms with Crippen molar-refractivity contribution < 1.29 is 9.53 Å². The van der Waals surface area contributed by atoms with Crippen molar-refractivity contribution in [3.63, 3.8) is 0 Å². The molecule has 0 aromatic heterocycles. The largest absolute Gasteiger partial charge is 0.497 e. The van der Waals surface area contributed by atoms with Gasteiger partial charge < -0.3 is 15.4 Å². The van der Waals surface area contributed by atoms with Gasteiger partial charge in [0.05, 0.1) is 7.11 Å². The van der Waals surface area contributed by atoms with Crippen molar-refractivity contribution in [3.05, 3.63) is 29.8 Å². The van der Waals surface area contributed by atoms with Crippen molar-refractivity contribution in [3.8, 4) is 5.75 Å². The van der Waals surface area contributed by atoms with E-state index in [1.165, 1.54) is 0 Å². The average molecular weight is 299 g/mol. The van der Waals surface area contributed by atoms with E-state index in [0.717, 1.165) is 30.8 Å². The summed E-state index contributed by atoms with van der Waals surface area (Å²) >= 11 is 0. The highest BCUT2D eigenvalue weighted by Gasteiger charge is 2.18. The van der Waals surface area contributed by atoms with Crippen molar-refractivity contribution in [2.75, 3.05) is 20.2 Å². The second-order valence-electron chi connectivity index (χ2n) is 5.14. The first-order valence-electron chi connectivity index (χ1n) is 6.83. The van der Waals surface area contributed by atoms with E-state index in [0.29, 0.717) is 12.5 Å². The molecule has 0 saturated carbocycles. The minimum atomic E-state index is 0. The van der Waals surface area contributed by atoms with Crippen LogP contribution in [0.2, 0.25) is 0 Å². The molecule has 1 aliphatic rings. The van der Waals surface area contributed by atoms with Crippen molar-refractivity contribution in [2.24, 2.45) is 0 Å². The zero-order valence-electron chi connectivity index (χ0n) is 12.0. The number of carbonyl (C=O) groups is 1. The molecule has 0 bridgehead atoms. The summed E-state index contributed by atoms with van der Waals surface area (Å²) in [5.41, 5.74) is 1.14. The lowest BCUT2D eigenvalue weighted by atomic mass is 9.97. The maximum Gasteiger partial charge on any atom is 0.220 e. The molecule has 0 aliphatic carbocycles. The second-order valence-corrected chi connectivity index (χ2v) is 5.14. The van der Waals surface area contributed by atoms with Crippen LogP contribution >= 0.6 is 12.4 Å². The van der Waals surface area contributed by atoms with Crippen LogP contribution in [0.25, 0.3) is 0 Å². The Morgan fingerprint density at radius 3 is 3.00 bits per heavy atom. The molecule has 4 nitrogen and oxygen atoms in total. The molecule has 20 heavy (non-hydrogen) atoms. The molecule has 1 saturated heterocycles. The van der Waals surface area contributed by atoms with Gasteiger partial charge in [-0.2, -0.15) is 0 Å². The summed E-state index contributed by atoms with van der Waals surface area (Å²) in [6, 6.07) is 8.21. The third-order valence-corrected chi connectivity index (χ3v) is 3.58. The van der Waals surface area contributed by atoms with Gasteiger partial charge in [0.15, 0.2) is 0 Å². The molecule has 1 aromatic rings. The zero-order chi connectivity index (χ0) is 13.7. The van der Waals surface area contributed by atoms with E-state index in [1.807, 2.05) is 24.3 Å². The van der Waals surface area contributed by atoms with Gasteiger partial charge in [-0.15, -0.1) is 12.4 Å². The van der Waals surface area contributed by atoms with E-state index in [9.17, 15) is 4.79 Å². The van der Waals surface area contributed by atoms with Crippen LogP contribution in [0.15, 0.2) is 24.3 Å². The zero-order valence-corrected chi connectivity index (χ0v) is 12.8. The van der Waals surface area contributed by atoms with Crippen LogP contribution in [-0.2, 0) is 4.79 Å². The van der Waals surface area contributed by atoms with Gasteiger partial charge in [-0.25, -0.2) is 0 Å². The Hall–Kier alpha value is -1.26. The molecule has 1 heterocycles. The van der Waals surface area contributed by atoms with Gasteiger partial charge in [0.25, 0.3) is 0 Å². The molecule has 2 rings (SSSR count). The maximum atomic E-state index is 12.0. The van der Waals surface area contributed by atoms with E-state index in [4.69, 9.17) is 4.74 Å². The standard InChI is InChI=1S/C15H22N2O2.ClH/c1-11(12-4-3-5-14(9-12)19-2)8-15(18)17-13-6-7-16-10-13;/h3-5,9,11,13,16H,6-8,10H2,1-2H3,(H,17,18);1H. The fraction of sp³-hybridized carbons (Fsp3) is 0.533. The van der Waals surface area contributed by atoms with Crippen LogP contribution in [0, 0.1) is 0 Å². The van der Waals surface area contributed by atoms with Crippen molar-refractivity contribution >= 4 is 18.3 Å². The summed E-state index contributed by atoms with van der Waals surface area (Å²) < 4.78 is 5.21. The predicted octanol–water partition coefficient (Wildman–Crippen LogP) is 2.09. The lowest BCUT2D eigenvalue weighted by Gasteiger charge is -2.15. The number of ether oxygens (including phenoxy) is 1. The number of hydrogen-bond donors (Lipinski definition) is 2. The van der Waals surface area contributed by atoms with E-state index in [1.54, 1.807) is 7.11 Å². The average Bonchev–Trinajstić information content (AvgIpc) is 2.91. The highest BCUT2D eigenvalue weighted by Crippen LogP contribution is 2.23. The smallest absolute Gasteiger partial charge is 0.220 e. The monoisotopic (exact) mass is 298 g/mol. The molecular weight excluding hydrogens is 276 g/mol. The molecule has 5 heteroatoms. The first-order chi connectivity index (χ1) is 9.19. The molecule has 0 spiro atoms. The first-order valence-corrected chi connectivity index (χ1v) is 6.83. The second kappa shape index (κ2) is 8.12. The van der Waals surface area contributed by atoms with Crippen LogP contribution in [0.1, 0.15) is 31.2 Å². The summed E-state index contributed by atoms with van der Waals surface area (Å²) in [5, 5.41) is 6.32. The number of hydrogen-bond acceptors (Lipinski definition) is 3. The lowest BCUT2D eigenvalue weighted by molar-refractivity contribution is -0.122. The van der Waals surface area contributed by atoms with Crippen LogP contribution in [-0.4, -0.2) is 32.1 Å². The molecule has 1 amide bonds. The molecule has 2 atom stereocenters. The molecule has 1 aromatic carbocycles. The Kier molecular flexibility index (Phi) is 6.82. The summed E-state index contributed by atoms with van der Waals surface area (Å²) in [6.45, 7) is 3.96. The fourth-order valence-corrected chi connectivity index (χ4v) is 2.41. The Bertz CT molecular complexity index is 434. The van der Waals surface area contributed by atoms with Crippen LogP contribution in [0.5, 0.6) is 5.75 Å². The van der Waals surface area contributed by atoms with E-state index in [-0.39, 0.29) is 24.2 Å². The first kappa shape index (κ1) is 16.8.